The Morgan fingerprint density at radius 2 is 1.79 bits per heavy atom. The molecular weight excluding hydrogens is 444 g/mol. The number of benzene rings is 2. The number of sulfonamides is 1. The molecule has 1 aliphatic rings. The quantitative estimate of drug-likeness (QED) is 0.590. The van der Waals surface area contributed by atoms with Crippen LogP contribution in [0.1, 0.15) is 29.5 Å². The number of aromatic amines is 1. The summed E-state index contributed by atoms with van der Waals surface area (Å²) in [6, 6.07) is 10.7. The number of rotatable bonds is 5. The maximum Gasteiger partial charge on any atom is 0.439 e. The Hall–Kier alpha value is -3.24. The summed E-state index contributed by atoms with van der Waals surface area (Å²) >= 11 is 0. The Labute approximate surface area is 191 Å². The summed E-state index contributed by atoms with van der Waals surface area (Å²) in [5.41, 5.74) is 3.66. The number of hydrogen-bond donors (Lipinski definition) is 2. The fraction of sp³-hybridized carbons (Fsp3) is 0.348. The molecule has 2 aromatic carbocycles. The lowest BCUT2D eigenvalue weighted by atomic mass is 9.97. The summed E-state index contributed by atoms with van der Waals surface area (Å²) in [5.74, 6) is -0.846. The van der Waals surface area contributed by atoms with E-state index >= 15 is 0 Å². The molecule has 2 N–H and O–H groups in total. The summed E-state index contributed by atoms with van der Waals surface area (Å²) < 4.78 is 32.5. The second-order valence-electron chi connectivity index (χ2n) is 8.42. The summed E-state index contributed by atoms with van der Waals surface area (Å²) in [4.78, 5) is 26.8. The number of amides is 1. The van der Waals surface area contributed by atoms with Crippen molar-refractivity contribution < 1.29 is 17.7 Å². The monoisotopic (exact) mass is 470 g/mol. The molecule has 1 amide bonds. The van der Waals surface area contributed by atoms with Crippen LogP contribution in [0.25, 0.3) is 11.4 Å². The van der Waals surface area contributed by atoms with Crippen molar-refractivity contribution in [3.8, 4) is 11.4 Å². The minimum absolute atomic E-state index is 0.166. The molecule has 0 unspecified atom stereocenters. The molecule has 3 aromatic rings. The third kappa shape index (κ3) is 4.76. The maximum absolute atomic E-state index is 13.3. The van der Waals surface area contributed by atoms with Crippen LogP contribution >= 0.6 is 0 Å². The number of nitrogens with zero attached hydrogens (tertiary/aromatic N) is 2. The average Bonchev–Trinajstić information content (AvgIpc) is 3.19. The second kappa shape index (κ2) is 8.95. The lowest BCUT2D eigenvalue weighted by Gasteiger charge is -2.31. The van der Waals surface area contributed by atoms with E-state index in [9.17, 15) is 18.0 Å². The highest BCUT2D eigenvalue weighted by atomic mass is 32.2. The van der Waals surface area contributed by atoms with Crippen LogP contribution in [0.3, 0.4) is 0 Å². The molecule has 0 radical (unpaired) electrons. The molecule has 10 heteroatoms. The van der Waals surface area contributed by atoms with E-state index in [1.54, 1.807) is 24.3 Å². The van der Waals surface area contributed by atoms with Gasteiger partial charge in [0.05, 0.1) is 4.90 Å². The lowest BCUT2D eigenvalue weighted by molar-refractivity contribution is -0.120. The highest BCUT2D eigenvalue weighted by Crippen LogP contribution is 2.29. The van der Waals surface area contributed by atoms with Crippen molar-refractivity contribution in [3.63, 3.8) is 0 Å². The van der Waals surface area contributed by atoms with Gasteiger partial charge < -0.3 is 5.32 Å². The number of carbonyl (C=O) groups is 1. The first-order chi connectivity index (χ1) is 15.6. The van der Waals surface area contributed by atoms with Crippen LogP contribution in [0.4, 0.5) is 5.69 Å². The Balaban J connectivity index is 1.42. The van der Waals surface area contributed by atoms with Crippen LogP contribution < -0.4 is 11.1 Å². The maximum atomic E-state index is 13.3. The molecule has 0 aliphatic carbocycles. The first kappa shape index (κ1) is 22.9. The van der Waals surface area contributed by atoms with Gasteiger partial charge in [-0.2, -0.15) is 4.31 Å². The smallest absolute Gasteiger partial charge is 0.326 e. The zero-order valence-electron chi connectivity index (χ0n) is 18.7. The van der Waals surface area contributed by atoms with Gasteiger partial charge in [0.1, 0.15) is 0 Å². The van der Waals surface area contributed by atoms with E-state index in [1.165, 1.54) is 4.31 Å². The number of aryl methyl sites for hydroxylation is 3. The number of carbonyl (C=O) groups excluding carboxylic acids is 1. The molecule has 1 fully saturated rings. The molecule has 0 saturated carbocycles. The minimum Gasteiger partial charge on any atom is -0.326 e. The standard InChI is InChI=1S/C23H26N4O5S/c1-14-11-15(2)20(16(3)12-14)33(30,31)27-9-7-17(8-10-27)22(28)24-19-6-4-5-18(13-19)21-25-23(29)32-26-21/h4-6,11-13,17H,7-10H2,1-3H3,(H,24,28)(H,25,26,29). The number of hydrogen-bond acceptors (Lipinski definition) is 6. The SMILES string of the molecule is Cc1cc(C)c(S(=O)(=O)N2CCC(C(=O)Nc3cccc(-c4noc(=O)[nH]4)c3)CC2)c(C)c1. The van der Waals surface area contributed by atoms with Gasteiger partial charge in [-0.15, -0.1) is 0 Å². The average molecular weight is 471 g/mol. The summed E-state index contributed by atoms with van der Waals surface area (Å²) in [6.07, 6.45) is 0.872. The van der Waals surface area contributed by atoms with Crippen LogP contribution in [-0.2, 0) is 14.8 Å². The summed E-state index contributed by atoms with van der Waals surface area (Å²) in [7, 11) is -3.63. The normalized spacial score (nSPS) is 15.5. The highest BCUT2D eigenvalue weighted by molar-refractivity contribution is 7.89. The topological polar surface area (TPSA) is 125 Å². The second-order valence-corrected chi connectivity index (χ2v) is 10.3. The van der Waals surface area contributed by atoms with Gasteiger partial charge in [-0.25, -0.2) is 13.2 Å². The molecule has 0 bridgehead atoms. The van der Waals surface area contributed by atoms with Crippen LogP contribution in [-0.4, -0.2) is 41.9 Å². The fourth-order valence-corrected chi connectivity index (χ4v) is 6.29. The third-order valence-corrected chi connectivity index (χ3v) is 8.08. The van der Waals surface area contributed by atoms with E-state index < -0.39 is 15.8 Å². The van der Waals surface area contributed by atoms with Gasteiger partial charge in [0, 0.05) is 30.3 Å². The largest absolute Gasteiger partial charge is 0.439 e. The third-order valence-electron chi connectivity index (χ3n) is 5.87. The number of H-pyrrole nitrogens is 1. The Kier molecular flexibility index (Phi) is 6.22. The predicted octanol–water partition coefficient (Wildman–Crippen LogP) is 2.99. The first-order valence-electron chi connectivity index (χ1n) is 10.7. The lowest BCUT2D eigenvalue weighted by Crippen LogP contribution is -2.41. The molecule has 33 heavy (non-hydrogen) atoms. The van der Waals surface area contributed by atoms with Gasteiger partial charge >= 0.3 is 5.76 Å². The molecule has 174 valence electrons. The van der Waals surface area contributed by atoms with Crippen molar-refractivity contribution >= 4 is 21.6 Å². The van der Waals surface area contributed by atoms with E-state index in [0.717, 1.165) is 16.7 Å². The van der Waals surface area contributed by atoms with Gasteiger partial charge in [-0.05, 0) is 56.9 Å². The fourth-order valence-electron chi connectivity index (χ4n) is 4.40. The van der Waals surface area contributed by atoms with Crippen molar-refractivity contribution in [2.24, 2.45) is 5.92 Å². The number of nitrogens with one attached hydrogen (secondary N) is 2. The van der Waals surface area contributed by atoms with E-state index in [4.69, 9.17) is 0 Å². The van der Waals surface area contributed by atoms with E-state index in [-0.39, 0.29) is 30.7 Å². The summed E-state index contributed by atoms with van der Waals surface area (Å²) in [5, 5.41) is 6.53. The predicted molar refractivity (Wildman–Crippen MR) is 123 cm³/mol. The van der Waals surface area contributed by atoms with Crippen LogP contribution in [0.5, 0.6) is 0 Å². The molecular formula is C23H26N4O5S. The van der Waals surface area contributed by atoms with E-state index in [0.29, 0.717) is 29.0 Å². The Morgan fingerprint density at radius 3 is 2.39 bits per heavy atom. The van der Waals surface area contributed by atoms with Gasteiger partial charge in [0.25, 0.3) is 0 Å². The van der Waals surface area contributed by atoms with Crippen molar-refractivity contribution in [1.82, 2.24) is 14.4 Å². The van der Waals surface area contributed by atoms with E-state index in [1.807, 2.05) is 32.9 Å². The molecule has 9 nitrogen and oxygen atoms in total. The molecule has 1 aliphatic heterocycles. The molecule has 2 heterocycles. The van der Waals surface area contributed by atoms with Crippen molar-refractivity contribution in [2.45, 2.75) is 38.5 Å². The van der Waals surface area contributed by atoms with Gasteiger partial charge in [0.2, 0.25) is 15.9 Å². The van der Waals surface area contributed by atoms with Gasteiger partial charge in [-0.3, -0.25) is 14.3 Å². The molecule has 1 aromatic heterocycles. The zero-order valence-corrected chi connectivity index (χ0v) is 19.5. The van der Waals surface area contributed by atoms with Crippen molar-refractivity contribution in [3.05, 3.63) is 63.6 Å². The van der Waals surface area contributed by atoms with Gasteiger partial charge in [0.15, 0.2) is 5.82 Å². The highest BCUT2D eigenvalue weighted by Gasteiger charge is 2.33. The molecule has 0 spiro atoms. The zero-order chi connectivity index (χ0) is 23.8. The number of aromatic nitrogens is 2. The van der Waals surface area contributed by atoms with Crippen LogP contribution in [0.15, 0.2) is 50.6 Å². The van der Waals surface area contributed by atoms with Crippen LogP contribution in [0.2, 0.25) is 0 Å². The molecule has 0 atom stereocenters. The molecule has 4 rings (SSSR count). The van der Waals surface area contributed by atoms with Gasteiger partial charge in [-0.1, -0.05) is 35.0 Å². The minimum atomic E-state index is -3.63. The van der Waals surface area contributed by atoms with Crippen molar-refractivity contribution in [2.75, 3.05) is 18.4 Å². The Bertz CT molecular complexity index is 1330. The van der Waals surface area contributed by atoms with E-state index in [2.05, 4.69) is 20.0 Å². The molecule has 1 saturated heterocycles. The first-order valence-corrected chi connectivity index (χ1v) is 12.1. The van der Waals surface area contributed by atoms with Crippen LogP contribution in [0, 0.1) is 26.7 Å². The van der Waals surface area contributed by atoms with Crippen molar-refractivity contribution in [1.29, 1.82) is 0 Å². The number of piperidine rings is 1. The number of anilines is 1. The summed E-state index contributed by atoms with van der Waals surface area (Å²) in [6.45, 7) is 6.15. The Morgan fingerprint density at radius 1 is 1.12 bits per heavy atom.